The molecule has 124 valence electrons. The topological polar surface area (TPSA) is 51.5 Å². The van der Waals surface area contributed by atoms with Gasteiger partial charge in [-0.25, -0.2) is 0 Å². The van der Waals surface area contributed by atoms with Crippen LogP contribution in [0.1, 0.15) is 27.2 Å². The van der Waals surface area contributed by atoms with Crippen molar-refractivity contribution in [3.63, 3.8) is 0 Å². The maximum Gasteiger partial charge on any atom is 0.269 e. The average Bonchev–Trinajstić information content (AvgIpc) is 2.87. The summed E-state index contributed by atoms with van der Waals surface area (Å²) >= 11 is 0. The van der Waals surface area contributed by atoms with Crippen LogP contribution >= 0.6 is 0 Å². The van der Waals surface area contributed by atoms with Crippen molar-refractivity contribution in [3.05, 3.63) is 64.8 Å². The molecule has 0 bridgehead atoms. The minimum absolute atomic E-state index is 0.0487. The summed E-state index contributed by atoms with van der Waals surface area (Å²) in [6.07, 6.45) is 0. The lowest BCUT2D eigenvalue weighted by atomic mass is 10.1. The predicted octanol–water partition coefficient (Wildman–Crippen LogP) is 3.78. The predicted molar refractivity (Wildman–Crippen MR) is 94.6 cm³/mol. The van der Waals surface area contributed by atoms with Crippen LogP contribution in [0.3, 0.4) is 0 Å². The lowest BCUT2D eigenvalue weighted by molar-refractivity contribution is 0.0840. The first-order chi connectivity index (χ1) is 11.5. The second-order valence-electron chi connectivity index (χ2n) is 6.00. The van der Waals surface area contributed by atoms with E-state index in [1.165, 1.54) is 5.56 Å². The van der Waals surface area contributed by atoms with E-state index in [1.807, 2.05) is 63.2 Å². The van der Waals surface area contributed by atoms with Gasteiger partial charge < -0.3 is 9.84 Å². The molecule has 4 nitrogen and oxygen atoms in total. The fourth-order valence-electron chi connectivity index (χ4n) is 2.97. The monoisotopic (exact) mass is 323 g/mol. The van der Waals surface area contributed by atoms with Crippen molar-refractivity contribution < 1.29 is 14.6 Å². The Labute approximate surface area is 141 Å². The van der Waals surface area contributed by atoms with Gasteiger partial charge in [-0.1, -0.05) is 24.3 Å². The van der Waals surface area contributed by atoms with Crippen molar-refractivity contribution >= 4 is 16.8 Å². The van der Waals surface area contributed by atoms with Crippen LogP contribution in [0.25, 0.3) is 10.9 Å². The van der Waals surface area contributed by atoms with Gasteiger partial charge >= 0.3 is 0 Å². The Morgan fingerprint density at radius 1 is 1.08 bits per heavy atom. The smallest absolute Gasteiger partial charge is 0.269 e. The van der Waals surface area contributed by atoms with E-state index in [0.717, 1.165) is 27.7 Å². The molecule has 1 N–H and O–H groups in total. The molecule has 0 unspecified atom stereocenters. The summed E-state index contributed by atoms with van der Waals surface area (Å²) in [7, 11) is 0. The van der Waals surface area contributed by atoms with E-state index < -0.39 is 0 Å². The van der Waals surface area contributed by atoms with Crippen LogP contribution in [-0.4, -0.2) is 22.2 Å². The van der Waals surface area contributed by atoms with Crippen LogP contribution in [-0.2, 0) is 6.61 Å². The van der Waals surface area contributed by atoms with Crippen LogP contribution in [0.4, 0.5) is 0 Å². The zero-order valence-electron chi connectivity index (χ0n) is 14.2. The van der Waals surface area contributed by atoms with Crippen LogP contribution in [0.15, 0.2) is 42.5 Å². The quantitative estimate of drug-likeness (QED) is 0.795. The van der Waals surface area contributed by atoms with Gasteiger partial charge in [0, 0.05) is 16.6 Å². The number of carbonyl (C=O) groups excluding carboxylic acids is 1. The molecule has 4 heteroatoms. The third-order valence-electron chi connectivity index (χ3n) is 4.49. The fraction of sp³-hybridized carbons (Fsp3) is 0.250. The number of carbonyl (C=O) groups is 1. The molecule has 1 heterocycles. The zero-order chi connectivity index (χ0) is 17.3. The Morgan fingerprint density at radius 3 is 2.54 bits per heavy atom. The molecule has 0 fully saturated rings. The molecule has 0 aliphatic rings. The average molecular weight is 323 g/mol. The standard InChI is InChI=1S/C20H21NO3/c1-13-8-9-16(10-14(13)2)24-12-20(23)21-15(3)18(11-22)17-6-4-5-7-19(17)21/h4-10,22H,11-12H2,1-3H3. The van der Waals surface area contributed by atoms with E-state index >= 15 is 0 Å². The Kier molecular flexibility index (Phi) is 4.40. The Bertz CT molecular complexity index is 909. The van der Waals surface area contributed by atoms with E-state index in [1.54, 1.807) is 4.57 Å². The van der Waals surface area contributed by atoms with Crippen LogP contribution in [0, 0.1) is 20.8 Å². The number of hydrogen-bond donors (Lipinski definition) is 1. The van der Waals surface area contributed by atoms with Crippen molar-refractivity contribution in [3.8, 4) is 5.75 Å². The highest BCUT2D eigenvalue weighted by Gasteiger charge is 2.18. The van der Waals surface area contributed by atoms with Gasteiger partial charge in [-0.2, -0.15) is 0 Å². The number of ether oxygens (including phenoxy) is 1. The number of benzene rings is 2. The van der Waals surface area contributed by atoms with Crippen molar-refractivity contribution in [1.29, 1.82) is 0 Å². The highest BCUT2D eigenvalue weighted by Crippen LogP contribution is 2.26. The van der Waals surface area contributed by atoms with Crippen LogP contribution < -0.4 is 4.74 Å². The normalized spacial score (nSPS) is 11.0. The first kappa shape index (κ1) is 16.3. The van der Waals surface area contributed by atoms with Gasteiger partial charge in [0.1, 0.15) is 5.75 Å². The van der Waals surface area contributed by atoms with Crippen molar-refractivity contribution in [2.75, 3.05) is 6.61 Å². The number of nitrogens with zero attached hydrogens (tertiary/aromatic N) is 1. The van der Waals surface area contributed by atoms with Gasteiger partial charge in [0.15, 0.2) is 6.61 Å². The van der Waals surface area contributed by atoms with E-state index in [-0.39, 0.29) is 19.1 Å². The summed E-state index contributed by atoms with van der Waals surface area (Å²) in [5.41, 5.74) is 4.66. The zero-order valence-corrected chi connectivity index (χ0v) is 14.2. The number of rotatable bonds is 4. The number of aromatic nitrogens is 1. The minimum atomic E-state index is -0.151. The highest BCUT2D eigenvalue weighted by atomic mass is 16.5. The van der Waals surface area contributed by atoms with E-state index in [0.29, 0.717) is 5.75 Å². The van der Waals surface area contributed by atoms with Crippen molar-refractivity contribution in [1.82, 2.24) is 4.57 Å². The molecule has 1 aromatic heterocycles. The molecule has 24 heavy (non-hydrogen) atoms. The van der Waals surface area contributed by atoms with Gasteiger partial charge in [-0.3, -0.25) is 9.36 Å². The van der Waals surface area contributed by atoms with Crippen molar-refractivity contribution in [2.24, 2.45) is 0 Å². The second kappa shape index (κ2) is 6.49. The maximum atomic E-state index is 12.7. The van der Waals surface area contributed by atoms with Gasteiger partial charge in [0.05, 0.1) is 12.1 Å². The summed E-state index contributed by atoms with van der Waals surface area (Å²) in [6.45, 7) is 5.76. The molecule has 3 rings (SSSR count). The molecule has 0 spiro atoms. The largest absolute Gasteiger partial charge is 0.484 e. The first-order valence-corrected chi connectivity index (χ1v) is 7.96. The molecule has 0 saturated heterocycles. The molecule has 0 saturated carbocycles. The third-order valence-corrected chi connectivity index (χ3v) is 4.49. The summed E-state index contributed by atoms with van der Waals surface area (Å²) in [5, 5.41) is 10.5. The molecular weight excluding hydrogens is 302 g/mol. The number of fused-ring (bicyclic) bond motifs is 1. The number of para-hydroxylation sites is 1. The molecule has 0 atom stereocenters. The summed E-state index contributed by atoms with van der Waals surface area (Å²) < 4.78 is 7.30. The fourth-order valence-corrected chi connectivity index (χ4v) is 2.97. The SMILES string of the molecule is Cc1ccc(OCC(=O)n2c(C)c(CO)c3ccccc32)cc1C. The number of aryl methyl sites for hydroxylation is 2. The lowest BCUT2D eigenvalue weighted by Crippen LogP contribution is -2.20. The first-order valence-electron chi connectivity index (χ1n) is 7.96. The lowest BCUT2D eigenvalue weighted by Gasteiger charge is -2.10. The molecule has 2 aromatic carbocycles. The van der Waals surface area contributed by atoms with Gasteiger partial charge in [0.2, 0.25) is 0 Å². The highest BCUT2D eigenvalue weighted by molar-refractivity contribution is 5.96. The van der Waals surface area contributed by atoms with Crippen molar-refractivity contribution in [2.45, 2.75) is 27.4 Å². The van der Waals surface area contributed by atoms with Gasteiger partial charge in [-0.15, -0.1) is 0 Å². The molecule has 3 aromatic rings. The van der Waals surface area contributed by atoms with E-state index in [9.17, 15) is 9.90 Å². The summed E-state index contributed by atoms with van der Waals surface area (Å²) in [6, 6.07) is 13.4. The molecule has 0 radical (unpaired) electrons. The molecular formula is C20H21NO3. The summed E-state index contributed by atoms with van der Waals surface area (Å²) in [5.74, 6) is 0.532. The minimum Gasteiger partial charge on any atom is -0.484 e. The molecule has 0 amide bonds. The number of aliphatic hydroxyl groups is 1. The maximum absolute atomic E-state index is 12.7. The molecule has 0 aliphatic carbocycles. The van der Waals surface area contributed by atoms with Crippen LogP contribution in [0.5, 0.6) is 5.75 Å². The van der Waals surface area contributed by atoms with E-state index in [2.05, 4.69) is 0 Å². The van der Waals surface area contributed by atoms with Crippen LogP contribution in [0.2, 0.25) is 0 Å². The molecule has 0 aliphatic heterocycles. The van der Waals surface area contributed by atoms with Gasteiger partial charge in [-0.05, 0) is 50.1 Å². The summed E-state index contributed by atoms with van der Waals surface area (Å²) in [4.78, 5) is 12.7. The second-order valence-corrected chi connectivity index (χ2v) is 6.00. The number of hydrogen-bond acceptors (Lipinski definition) is 3. The third kappa shape index (κ3) is 2.81. The van der Waals surface area contributed by atoms with Gasteiger partial charge in [0.25, 0.3) is 5.91 Å². The number of aliphatic hydroxyl groups excluding tert-OH is 1. The Hall–Kier alpha value is -2.59. The van der Waals surface area contributed by atoms with E-state index in [4.69, 9.17) is 4.74 Å². The Balaban J connectivity index is 1.89. The Morgan fingerprint density at radius 2 is 1.83 bits per heavy atom.